The molecule has 1 N–H and O–H groups in total. The molecule has 1 aliphatic heterocycles. The van der Waals surface area contributed by atoms with E-state index in [9.17, 15) is 4.79 Å². The summed E-state index contributed by atoms with van der Waals surface area (Å²) >= 11 is 0. The summed E-state index contributed by atoms with van der Waals surface area (Å²) in [5.74, 6) is 0.562. The van der Waals surface area contributed by atoms with Crippen molar-refractivity contribution in [2.24, 2.45) is 0 Å². The number of hydrogen-bond acceptors (Lipinski definition) is 4. The fourth-order valence-corrected chi connectivity index (χ4v) is 2.78. The Hall–Kier alpha value is -1.75. The molecule has 1 aliphatic carbocycles. The van der Waals surface area contributed by atoms with Crippen molar-refractivity contribution in [3.63, 3.8) is 0 Å². The molecule has 1 saturated carbocycles. The van der Waals surface area contributed by atoms with E-state index < -0.39 is 11.9 Å². The van der Waals surface area contributed by atoms with Crippen molar-refractivity contribution >= 4 is 6.09 Å². The maximum atomic E-state index is 11.4. The van der Waals surface area contributed by atoms with Gasteiger partial charge in [-0.2, -0.15) is 0 Å². The lowest BCUT2D eigenvalue weighted by molar-refractivity contribution is -0.222. The minimum Gasteiger partial charge on any atom is -0.458 e. The third-order valence-corrected chi connectivity index (χ3v) is 3.86. The highest BCUT2D eigenvalue weighted by atomic mass is 16.7. The smallest absolute Gasteiger partial charge is 0.412 e. The van der Waals surface area contributed by atoms with Gasteiger partial charge in [0.1, 0.15) is 0 Å². The second-order valence-electron chi connectivity index (χ2n) is 5.25. The molecule has 0 unspecified atom stereocenters. The van der Waals surface area contributed by atoms with Crippen LogP contribution < -0.4 is 14.8 Å². The van der Waals surface area contributed by atoms with Gasteiger partial charge in [0.15, 0.2) is 11.5 Å². The molecule has 0 bridgehead atoms. The molecular weight excluding hydrogens is 258 g/mol. The molecule has 1 heterocycles. The Kier molecular flexibility index (Phi) is 3.53. The Morgan fingerprint density at radius 1 is 1.30 bits per heavy atom. The number of carbonyl (C=O) groups excluding carboxylic acids is 1. The van der Waals surface area contributed by atoms with Gasteiger partial charge < -0.3 is 19.5 Å². The maximum absolute atomic E-state index is 11.4. The lowest BCUT2D eigenvalue weighted by Gasteiger charge is -2.41. The molecule has 3 rings (SSSR count). The molecular formula is C15H19NO4. The normalized spacial score (nSPS) is 19.9. The predicted octanol–water partition coefficient (Wildman–Crippen LogP) is 2.97. The number of fused-ring (bicyclic) bond motifs is 1. The van der Waals surface area contributed by atoms with Crippen molar-refractivity contribution in [1.82, 2.24) is 5.32 Å². The van der Waals surface area contributed by atoms with Crippen LogP contribution in [0.3, 0.4) is 0 Å². The summed E-state index contributed by atoms with van der Waals surface area (Å²) in [5.41, 5.74) is 0.919. The predicted molar refractivity (Wildman–Crippen MR) is 72.8 cm³/mol. The third kappa shape index (κ3) is 2.45. The van der Waals surface area contributed by atoms with Crippen LogP contribution in [0, 0.1) is 0 Å². The van der Waals surface area contributed by atoms with Crippen molar-refractivity contribution in [3.8, 4) is 11.5 Å². The first-order valence-electron chi connectivity index (χ1n) is 7.07. The van der Waals surface area contributed by atoms with Crippen LogP contribution in [0.2, 0.25) is 0 Å². The standard InChI is InChI=1S/C15H19NO4/c1-16-14(17)19-12-7-5-6-11-10-18-15(20-13(11)12)8-3-2-4-9-15/h5-7H,2-4,8-10H2,1H3,(H,16,17). The molecule has 108 valence electrons. The minimum absolute atomic E-state index is 0.454. The second-order valence-corrected chi connectivity index (χ2v) is 5.25. The summed E-state index contributed by atoms with van der Waals surface area (Å²) in [7, 11) is 1.53. The first-order valence-corrected chi connectivity index (χ1v) is 7.07. The van der Waals surface area contributed by atoms with E-state index in [0.29, 0.717) is 18.1 Å². The monoisotopic (exact) mass is 277 g/mol. The number of nitrogens with one attached hydrogen (secondary N) is 1. The molecule has 1 aromatic rings. The first kappa shape index (κ1) is 13.2. The largest absolute Gasteiger partial charge is 0.458 e. The molecule has 5 nitrogen and oxygen atoms in total. The molecule has 0 aromatic heterocycles. The molecule has 2 aliphatic rings. The van der Waals surface area contributed by atoms with E-state index in [0.717, 1.165) is 31.2 Å². The van der Waals surface area contributed by atoms with Gasteiger partial charge in [-0.3, -0.25) is 0 Å². The van der Waals surface area contributed by atoms with Crippen LogP contribution in [-0.2, 0) is 11.3 Å². The van der Waals surface area contributed by atoms with E-state index in [4.69, 9.17) is 14.2 Å². The summed E-state index contributed by atoms with van der Waals surface area (Å²) in [6.07, 6.45) is 4.71. The molecule has 1 amide bonds. The lowest BCUT2D eigenvalue weighted by atomic mass is 9.93. The van der Waals surface area contributed by atoms with Gasteiger partial charge in [-0.05, 0) is 18.9 Å². The van der Waals surface area contributed by atoms with Gasteiger partial charge in [0.25, 0.3) is 0 Å². The number of ether oxygens (including phenoxy) is 3. The van der Waals surface area contributed by atoms with Gasteiger partial charge in [0, 0.05) is 25.5 Å². The Morgan fingerprint density at radius 2 is 2.10 bits per heavy atom. The zero-order valence-corrected chi connectivity index (χ0v) is 11.6. The van der Waals surface area contributed by atoms with Crippen LogP contribution in [-0.4, -0.2) is 18.9 Å². The number of amides is 1. The topological polar surface area (TPSA) is 56.8 Å². The van der Waals surface area contributed by atoms with Gasteiger partial charge in [0.2, 0.25) is 5.79 Å². The maximum Gasteiger partial charge on any atom is 0.412 e. The van der Waals surface area contributed by atoms with Crippen LogP contribution in [0.25, 0.3) is 0 Å². The van der Waals surface area contributed by atoms with E-state index in [1.54, 1.807) is 6.07 Å². The van der Waals surface area contributed by atoms with Crippen molar-refractivity contribution < 1.29 is 19.0 Å². The molecule has 5 heteroatoms. The summed E-state index contributed by atoms with van der Waals surface area (Å²) in [6.45, 7) is 0.500. The van der Waals surface area contributed by atoms with Crippen molar-refractivity contribution in [2.45, 2.75) is 44.5 Å². The Morgan fingerprint density at radius 3 is 2.85 bits per heavy atom. The molecule has 20 heavy (non-hydrogen) atoms. The van der Waals surface area contributed by atoms with Gasteiger partial charge in [-0.15, -0.1) is 0 Å². The number of hydrogen-bond donors (Lipinski definition) is 1. The van der Waals surface area contributed by atoms with Gasteiger partial charge in [-0.1, -0.05) is 18.6 Å². The van der Waals surface area contributed by atoms with Crippen LogP contribution >= 0.6 is 0 Å². The van der Waals surface area contributed by atoms with Crippen LogP contribution in [0.5, 0.6) is 11.5 Å². The van der Waals surface area contributed by atoms with Gasteiger partial charge >= 0.3 is 6.09 Å². The zero-order valence-electron chi connectivity index (χ0n) is 11.6. The Balaban J connectivity index is 1.88. The highest BCUT2D eigenvalue weighted by molar-refractivity contribution is 5.71. The minimum atomic E-state index is -0.534. The van der Waals surface area contributed by atoms with Crippen molar-refractivity contribution in [3.05, 3.63) is 23.8 Å². The van der Waals surface area contributed by atoms with E-state index >= 15 is 0 Å². The number of benzene rings is 1. The molecule has 0 saturated heterocycles. The van der Waals surface area contributed by atoms with E-state index in [2.05, 4.69) is 5.32 Å². The fourth-order valence-electron chi connectivity index (χ4n) is 2.78. The van der Waals surface area contributed by atoms with Crippen LogP contribution in [0.15, 0.2) is 18.2 Å². The zero-order chi connectivity index (χ0) is 14.0. The highest BCUT2D eigenvalue weighted by Gasteiger charge is 2.40. The highest BCUT2D eigenvalue weighted by Crippen LogP contribution is 2.44. The SMILES string of the molecule is CNC(=O)Oc1cccc2c1OC1(CCCCC1)OC2. The van der Waals surface area contributed by atoms with Gasteiger partial charge in [0.05, 0.1) is 6.61 Å². The summed E-state index contributed by atoms with van der Waals surface area (Å²) < 4.78 is 17.3. The summed E-state index contributed by atoms with van der Waals surface area (Å²) in [6, 6.07) is 5.51. The molecule has 1 fully saturated rings. The molecule has 0 atom stereocenters. The number of carbonyl (C=O) groups is 1. The van der Waals surface area contributed by atoms with E-state index in [1.807, 2.05) is 12.1 Å². The molecule has 0 radical (unpaired) electrons. The van der Waals surface area contributed by atoms with Crippen LogP contribution in [0.4, 0.5) is 4.79 Å². The number of para-hydroxylation sites is 1. The third-order valence-electron chi connectivity index (χ3n) is 3.86. The summed E-state index contributed by atoms with van der Waals surface area (Å²) in [5, 5.41) is 2.44. The van der Waals surface area contributed by atoms with Gasteiger partial charge in [-0.25, -0.2) is 4.79 Å². The quantitative estimate of drug-likeness (QED) is 0.857. The summed E-state index contributed by atoms with van der Waals surface area (Å²) in [4.78, 5) is 11.4. The van der Waals surface area contributed by atoms with Crippen molar-refractivity contribution in [2.75, 3.05) is 7.05 Å². The second kappa shape index (κ2) is 5.32. The lowest BCUT2D eigenvalue weighted by Crippen LogP contribution is -2.43. The fraction of sp³-hybridized carbons (Fsp3) is 0.533. The molecule has 1 spiro atoms. The average Bonchev–Trinajstić information content (AvgIpc) is 2.49. The Labute approximate surface area is 118 Å². The van der Waals surface area contributed by atoms with E-state index in [-0.39, 0.29) is 0 Å². The van der Waals surface area contributed by atoms with Crippen molar-refractivity contribution in [1.29, 1.82) is 0 Å². The van der Waals surface area contributed by atoms with E-state index in [1.165, 1.54) is 13.5 Å². The Bertz CT molecular complexity index is 509. The first-order chi connectivity index (χ1) is 9.72. The number of rotatable bonds is 1. The van der Waals surface area contributed by atoms with Crippen LogP contribution in [0.1, 0.15) is 37.7 Å². The molecule has 1 aromatic carbocycles. The average molecular weight is 277 g/mol.